The topological polar surface area (TPSA) is 81.4 Å². The monoisotopic (exact) mass is 286 g/mol. The first kappa shape index (κ1) is 15.9. The largest absolute Gasteiger partial charge is 0.398 e. The zero-order valence-electron chi connectivity index (χ0n) is 11.4. The normalized spacial score (nSPS) is 11.9. The van der Waals surface area contributed by atoms with Crippen molar-refractivity contribution in [1.29, 1.82) is 0 Å². The Balaban J connectivity index is 2.38. The maximum atomic E-state index is 11.9. The lowest BCUT2D eigenvalue weighted by molar-refractivity contribution is 0.128. The predicted molar refractivity (Wildman–Crippen MR) is 76.3 cm³/mol. The number of anilines is 1. The Morgan fingerprint density at radius 3 is 2.58 bits per heavy atom. The maximum Gasteiger partial charge on any atom is 0.242 e. The molecule has 1 aromatic carbocycles. The molecular weight excluding hydrogens is 264 g/mol. The molecule has 19 heavy (non-hydrogen) atoms. The molecule has 0 aliphatic rings. The molecule has 0 fully saturated rings. The first-order valence-electron chi connectivity index (χ1n) is 6.35. The van der Waals surface area contributed by atoms with Crippen LogP contribution in [-0.2, 0) is 14.8 Å². The molecule has 0 aliphatic heterocycles. The summed E-state index contributed by atoms with van der Waals surface area (Å²) < 4.78 is 31.7. The van der Waals surface area contributed by atoms with Crippen LogP contribution in [0.5, 0.6) is 0 Å². The van der Waals surface area contributed by atoms with Crippen LogP contribution < -0.4 is 10.5 Å². The molecule has 0 unspecified atom stereocenters. The average molecular weight is 286 g/mol. The molecule has 108 valence electrons. The number of para-hydroxylation sites is 1. The molecule has 6 heteroatoms. The van der Waals surface area contributed by atoms with Gasteiger partial charge in [-0.05, 0) is 24.5 Å². The second-order valence-electron chi connectivity index (χ2n) is 4.73. The Bertz CT molecular complexity index is 486. The lowest BCUT2D eigenvalue weighted by atomic mass is 10.1. The molecule has 0 saturated carbocycles. The van der Waals surface area contributed by atoms with Crippen LogP contribution in [0.2, 0.25) is 0 Å². The van der Waals surface area contributed by atoms with Crippen LogP contribution in [-0.4, -0.2) is 28.2 Å². The van der Waals surface area contributed by atoms with Crippen molar-refractivity contribution in [3.8, 4) is 0 Å². The van der Waals surface area contributed by atoms with Crippen molar-refractivity contribution in [3.63, 3.8) is 0 Å². The van der Waals surface area contributed by atoms with Crippen molar-refractivity contribution >= 4 is 15.7 Å². The minimum Gasteiger partial charge on any atom is -0.398 e. The van der Waals surface area contributed by atoms with Gasteiger partial charge in [0, 0.05) is 13.2 Å². The summed E-state index contributed by atoms with van der Waals surface area (Å²) in [5.41, 5.74) is 5.89. The number of rotatable bonds is 8. The summed E-state index contributed by atoms with van der Waals surface area (Å²) in [6.45, 7) is 5.48. The number of ether oxygens (including phenoxy) is 1. The summed E-state index contributed by atoms with van der Waals surface area (Å²) in [6.07, 6.45) is 0.971. The van der Waals surface area contributed by atoms with E-state index in [9.17, 15) is 8.42 Å². The number of nitrogen functional groups attached to an aromatic ring is 1. The van der Waals surface area contributed by atoms with E-state index in [-0.39, 0.29) is 17.1 Å². The minimum absolute atomic E-state index is 0.109. The first-order valence-corrected chi connectivity index (χ1v) is 7.83. The fourth-order valence-electron chi connectivity index (χ4n) is 1.47. The molecular formula is C13H22N2O3S. The summed E-state index contributed by atoms with van der Waals surface area (Å²) >= 11 is 0. The van der Waals surface area contributed by atoms with E-state index in [0.717, 1.165) is 6.42 Å². The number of nitrogens with one attached hydrogen (secondary N) is 1. The van der Waals surface area contributed by atoms with Crippen molar-refractivity contribution in [1.82, 2.24) is 4.72 Å². The van der Waals surface area contributed by atoms with Crippen molar-refractivity contribution in [2.24, 2.45) is 5.92 Å². The Hall–Kier alpha value is -1.11. The van der Waals surface area contributed by atoms with Crippen LogP contribution in [0.3, 0.4) is 0 Å². The van der Waals surface area contributed by atoms with Gasteiger partial charge in [0.1, 0.15) is 4.90 Å². The van der Waals surface area contributed by atoms with Gasteiger partial charge >= 0.3 is 0 Å². The Labute approximate surface area is 115 Å². The third-order valence-corrected chi connectivity index (χ3v) is 4.12. The molecule has 1 rings (SSSR count). The summed E-state index contributed by atoms with van der Waals surface area (Å²) in [6, 6.07) is 6.39. The number of hydrogen-bond donors (Lipinski definition) is 2. The van der Waals surface area contributed by atoms with Crippen LogP contribution in [0, 0.1) is 5.92 Å². The highest BCUT2D eigenvalue weighted by Crippen LogP contribution is 2.16. The van der Waals surface area contributed by atoms with E-state index in [0.29, 0.717) is 19.1 Å². The zero-order chi connectivity index (χ0) is 14.3. The fraction of sp³-hybridized carbons (Fsp3) is 0.538. The molecule has 5 nitrogen and oxygen atoms in total. The van der Waals surface area contributed by atoms with Gasteiger partial charge in [-0.1, -0.05) is 26.0 Å². The third kappa shape index (κ3) is 5.59. The molecule has 0 aliphatic carbocycles. The Kier molecular flexibility index (Phi) is 6.27. The third-order valence-electron chi connectivity index (χ3n) is 2.59. The molecule has 0 amide bonds. The standard InChI is InChI=1S/C13H22N2O3S/c1-11(2)7-9-18-10-8-15-19(16,17)13-6-4-3-5-12(13)14/h3-6,11,15H,7-10,14H2,1-2H3. The zero-order valence-corrected chi connectivity index (χ0v) is 12.2. The summed E-state index contributed by atoms with van der Waals surface area (Å²) in [5, 5.41) is 0. The number of nitrogens with two attached hydrogens (primary N) is 1. The van der Waals surface area contributed by atoms with Gasteiger partial charge in [-0.25, -0.2) is 13.1 Å². The SMILES string of the molecule is CC(C)CCOCCNS(=O)(=O)c1ccccc1N. The van der Waals surface area contributed by atoms with Crippen molar-refractivity contribution in [2.75, 3.05) is 25.5 Å². The molecule has 0 radical (unpaired) electrons. The minimum atomic E-state index is -3.55. The quantitative estimate of drug-likeness (QED) is 0.562. The second kappa shape index (κ2) is 7.47. The van der Waals surface area contributed by atoms with Gasteiger partial charge < -0.3 is 10.5 Å². The Morgan fingerprint density at radius 2 is 1.95 bits per heavy atom. The number of sulfonamides is 1. The molecule has 0 saturated heterocycles. The molecule has 0 spiro atoms. The van der Waals surface area contributed by atoms with Crippen LogP contribution in [0.15, 0.2) is 29.2 Å². The highest BCUT2D eigenvalue weighted by atomic mass is 32.2. The first-order chi connectivity index (χ1) is 8.93. The van der Waals surface area contributed by atoms with Crippen molar-refractivity contribution < 1.29 is 13.2 Å². The van der Waals surface area contributed by atoms with Gasteiger partial charge in [-0.2, -0.15) is 0 Å². The van der Waals surface area contributed by atoms with E-state index in [2.05, 4.69) is 18.6 Å². The van der Waals surface area contributed by atoms with Crippen molar-refractivity contribution in [2.45, 2.75) is 25.2 Å². The summed E-state index contributed by atoms with van der Waals surface area (Å²) in [5.74, 6) is 0.584. The molecule has 1 aromatic rings. The van der Waals surface area contributed by atoms with Gasteiger partial charge in [-0.15, -0.1) is 0 Å². The highest BCUT2D eigenvalue weighted by molar-refractivity contribution is 7.89. The molecule has 0 aromatic heterocycles. The summed E-state index contributed by atoms with van der Waals surface area (Å²) in [4.78, 5) is 0.109. The maximum absolute atomic E-state index is 11.9. The van der Waals surface area contributed by atoms with Crippen molar-refractivity contribution in [3.05, 3.63) is 24.3 Å². The molecule has 0 atom stereocenters. The van der Waals surface area contributed by atoms with Gasteiger partial charge in [0.15, 0.2) is 0 Å². The van der Waals surface area contributed by atoms with Crippen LogP contribution in [0.4, 0.5) is 5.69 Å². The number of hydrogen-bond acceptors (Lipinski definition) is 4. The van der Waals surface area contributed by atoms with E-state index in [4.69, 9.17) is 10.5 Å². The van der Waals surface area contributed by atoms with Gasteiger partial charge in [0.25, 0.3) is 0 Å². The fourth-order valence-corrected chi connectivity index (χ4v) is 2.62. The van der Waals surface area contributed by atoms with Gasteiger partial charge in [0.05, 0.1) is 12.3 Å². The summed E-state index contributed by atoms with van der Waals surface area (Å²) in [7, 11) is -3.55. The lowest BCUT2D eigenvalue weighted by Crippen LogP contribution is -2.28. The highest BCUT2D eigenvalue weighted by Gasteiger charge is 2.15. The van der Waals surface area contributed by atoms with Crippen LogP contribution in [0.25, 0.3) is 0 Å². The van der Waals surface area contributed by atoms with E-state index in [1.54, 1.807) is 18.2 Å². The van der Waals surface area contributed by atoms with E-state index in [1.807, 2.05) is 0 Å². The Morgan fingerprint density at radius 1 is 1.26 bits per heavy atom. The molecule has 0 bridgehead atoms. The van der Waals surface area contributed by atoms with E-state index < -0.39 is 10.0 Å². The van der Waals surface area contributed by atoms with Crippen LogP contribution in [0.1, 0.15) is 20.3 Å². The smallest absolute Gasteiger partial charge is 0.242 e. The average Bonchev–Trinajstić information content (AvgIpc) is 2.33. The lowest BCUT2D eigenvalue weighted by Gasteiger charge is -2.09. The van der Waals surface area contributed by atoms with Crippen LogP contribution >= 0.6 is 0 Å². The second-order valence-corrected chi connectivity index (χ2v) is 6.47. The van der Waals surface area contributed by atoms with Gasteiger partial charge in [-0.3, -0.25) is 0 Å². The van der Waals surface area contributed by atoms with Gasteiger partial charge in [0.2, 0.25) is 10.0 Å². The predicted octanol–water partition coefficient (Wildman–Crippen LogP) is 1.61. The molecule has 3 N–H and O–H groups in total. The van der Waals surface area contributed by atoms with E-state index in [1.165, 1.54) is 6.07 Å². The number of benzene rings is 1. The van der Waals surface area contributed by atoms with E-state index >= 15 is 0 Å². The molecule has 0 heterocycles.